The molecule has 0 atom stereocenters. The number of hydrogen-bond acceptors (Lipinski definition) is 7. The van der Waals surface area contributed by atoms with Gasteiger partial charge in [-0.15, -0.1) is 8.78 Å². The molecule has 0 fully saturated rings. The highest BCUT2D eigenvalue weighted by Gasteiger charge is 2.43. The first-order chi connectivity index (χ1) is 11.2. The summed E-state index contributed by atoms with van der Waals surface area (Å²) < 4.78 is 39.5. The van der Waals surface area contributed by atoms with E-state index >= 15 is 0 Å². The van der Waals surface area contributed by atoms with Crippen LogP contribution in [0.2, 0.25) is 5.02 Å². The predicted octanol–water partition coefficient (Wildman–Crippen LogP) is 2.67. The summed E-state index contributed by atoms with van der Waals surface area (Å²) in [5.74, 6) is -1.24. The van der Waals surface area contributed by atoms with Crippen LogP contribution in [0.15, 0.2) is 18.2 Å². The summed E-state index contributed by atoms with van der Waals surface area (Å²) >= 11 is 5.93. The van der Waals surface area contributed by atoms with Crippen molar-refractivity contribution in [3.05, 3.63) is 28.9 Å². The van der Waals surface area contributed by atoms with E-state index < -0.39 is 12.3 Å². The molecule has 0 radical (unpaired) electrons. The molecule has 2 heterocycles. The molecule has 4 N–H and O–H groups in total. The second-order valence-corrected chi connectivity index (χ2v) is 5.18. The molecule has 10 heteroatoms. The number of anilines is 2. The van der Waals surface area contributed by atoms with Crippen molar-refractivity contribution >= 4 is 28.9 Å². The molecule has 1 aliphatic heterocycles. The Balaban J connectivity index is 2.14. The third-order valence-corrected chi connectivity index (χ3v) is 3.61. The first kappa shape index (κ1) is 16.1. The molecule has 0 aliphatic carbocycles. The van der Waals surface area contributed by atoms with E-state index in [1.807, 2.05) is 0 Å². The van der Waals surface area contributed by atoms with Crippen LogP contribution in [0.4, 0.5) is 20.2 Å². The number of aromatic nitrogens is 1. The van der Waals surface area contributed by atoms with E-state index in [9.17, 15) is 13.6 Å². The molecule has 126 valence electrons. The summed E-state index contributed by atoms with van der Waals surface area (Å²) in [5.41, 5.74) is 11.8. The third-order valence-electron chi connectivity index (χ3n) is 3.21. The second kappa shape index (κ2) is 5.38. The number of benzene rings is 1. The number of nitrogens with two attached hydrogens (primary N) is 2. The van der Waals surface area contributed by atoms with Gasteiger partial charge in [-0.3, -0.25) is 0 Å². The minimum absolute atomic E-state index is 0.0458. The van der Waals surface area contributed by atoms with E-state index in [1.54, 1.807) is 0 Å². The number of esters is 1. The average molecular weight is 358 g/mol. The van der Waals surface area contributed by atoms with Crippen molar-refractivity contribution in [1.82, 2.24) is 4.98 Å². The normalized spacial score (nSPS) is 14.5. The van der Waals surface area contributed by atoms with Gasteiger partial charge >= 0.3 is 12.3 Å². The lowest BCUT2D eigenvalue weighted by atomic mass is 10.1. The minimum atomic E-state index is -3.78. The molecule has 1 aromatic heterocycles. The molecule has 0 amide bonds. The van der Waals surface area contributed by atoms with E-state index in [0.29, 0.717) is 0 Å². The average Bonchev–Trinajstić information content (AvgIpc) is 2.81. The van der Waals surface area contributed by atoms with Gasteiger partial charge < -0.3 is 25.7 Å². The van der Waals surface area contributed by atoms with Crippen LogP contribution in [-0.4, -0.2) is 24.4 Å². The summed E-state index contributed by atoms with van der Waals surface area (Å²) in [4.78, 5) is 15.8. The maximum atomic E-state index is 13.1. The van der Waals surface area contributed by atoms with Crippen LogP contribution in [0.25, 0.3) is 11.3 Å². The second-order valence-electron chi connectivity index (χ2n) is 4.80. The number of carbonyl (C=O) groups excluding carboxylic acids is 1. The van der Waals surface area contributed by atoms with Gasteiger partial charge in [-0.05, 0) is 12.1 Å². The number of carbonyl (C=O) groups is 1. The molecule has 0 saturated heterocycles. The first-order valence-corrected chi connectivity index (χ1v) is 6.83. The Kier molecular flexibility index (Phi) is 3.60. The SMILES string of the molecule is COC(=O)c1nc(-c2cc3c(cc2N)OC(F)(F)O3)cc(N)c1Cl. The van der Waals surface area contributed by atoms with E-state index in [2.05, 4.69) is 19.2 Å². The zero-order valence-corrected chi connectivity index (χ0v) is 12.9. The van der Waals surface area contributed by atoms with Gasteiger partial charge in [0.1, 0.15) is 0 Å². The summed E-state index contributed by atoms with van der Waals surface area (Å²) in [5, 5.41) is -0.0866. The molecule has 1 aromatic carbocycles. The maximum absolute atomic E-state index is 13.1. The number of alkyl halides is 2. The molecule has 0 bridgehead atoms. The lowest BCUT2D eigenvalue weighted by Gasteiger charge is -2.10. The van der Waals surface area contributed by atoms with E-state index in [-0.39, 0.29) is 44.8 Å². The molecular formula is C14H10ClF2N3O4. The van der Waals surface area contributed by atoms with E-state index in [4.69, 9.17) is 23.1 Å². The van der Waals surface area contributed by atoms with Crippen molar-refractivity contribution in [2.75, 3.05) is 18.6 Å². The number of methoxy groups -OCH3 is 1. The van der Waals surface area contributed by atoms with Gasteiger partial charge in [0.2, 0.25) is 0 Å². The molecule has 1 aliphatic rings. The van der Waals surface area contributed by atoms with Gasteiger partial charge in [0.25, 0.3) is 0 Å². The zero-order chi connectivity index (χ0) is 17.6. The number of halogens is 3. The number of fused-ring (bicyclic) bond motifs is 1. The highest BCUT2D eigenvalue weighted by Crippen LogP contribution is 2.45. The van der Waals surface area contributed by atoms with Crippen molar-refractivity contribution in [2.24, 2.45) is 0 Å². The smallest absolute Gasteiger partial charge is 0.464 e. The largest absolute Gasteiger partial charge is 0.586 e. The Morgan fingerprint density at radius 3 is 2.46 bits per heavy atom. The lowest BCUT2D eigenvalue weighted by Crippen LogP contribution is -2.25. The maximum Gasteiger partial charge on any atom is 0.586 e. The number of nitrogen functional groups attached to an aromatic ring is 2. The van der Waals surface area contributed by atoms with Crippen molar-refractivity contribution in [1.29, 1.82) is 0 Å². The van der Waals surface area contributed by atoms with Crippen LogP contribution in [0.3, 0.4) is 0 Å². The molecule has 3 rings (SSSR count). The van der Waals surface area contributed by atoms with E-state index in [1.165, 1.54) is 12.1 Å². The molecule has 2 aromatic rings. The Morgan fingerprint density at radius 1 is 1.21 bits per heavy atom. The van der Waals surface area contributed by atoms with Crippen molar-refractivity contribution in [2.45, 2.75) is 6.29 Å². The van der Waals surface area contributed by atoms with Gasteiger partial charge in [-0.1, -0.05) is 11.6 Å². The quantitative estimate of drug-likeness (QED) is 0.628. The Bertz CT molecular complexity index is 860. The zero-order valence-electron chi connectivity index (χ0n) is 12.1. The summed E-state index contributed by atoms with van der Waals surface area (Å²) in [6.07, 6.45) is -3.78. The number of hydrogen-bond donors (Lipinski definition) is 2. The van der Waals surface area contributed by atoms with Crippen LogP contribution in [0.1, 0.15) is 10.5 Å². The standard InChI is InChI=1S/C14H10ClF2N3O4/c1-22-13(21)12-11(15)7(19)3-8(20-12)5-2-9-10(4-6(5)18)24-14(16,17)23-9/h2-4H,18H2,1H3,(H2,19,20). The fraction of sp³-hybridized carbons (Fsp3) is 0.143. The monoisotopic (exact) mass is 357 g/mol. The third kappa shape index (κ3) is 2.62. The van der Waals surface area contributed by atoms with Crippen LogP contribution in [0.5, 0.6) is 11.5 Å². The number of rotatable bonds is 2. The lowest BCUT2D eigenvalue weighted by molar-refractivity contribution is -0.286. The van der Waals surface area contributed by atoms with Gasteiger partial charge in [0, 0.05) is 17.3 Å². The fourth-order valence-electron chi connectivity index (χ4n) is 2.15. The molecule has 24 heavy (non-hydrogen) atoms. The van der Waals surface area contributed by atoms with Crippen molar-refractivity contribution in [3.8, 4) is 22.8 Å². The highest BCUT2D eigenvalue weighted by molar-refractivity contribution is 6.35. The van der Waals surface area contributed by atoms with Crippen molar-refractivity contribution in [3.63, 3.8) is 0 Å². The highest BCUT2D eigenvalue weighted by atomic mass is 35.5. The number of nitrogens with zero attached hydrogens (tertiary/aromatic N) is 1. The van der Waals surface area contributed by atoms with Crippen LogP contribution >= 0.6 is 11.6 Å². The molecule has 0 unspecified atom stereocenters. The molecular weight excluding hydrogens is 348 g/mol. The fourth-order valence-corrected chi connectivity index (χ4v) is 2.33. The van der Waals surface area contributed by atoms with Crippen LogP contribution in [-0.2, 0) is 4.74 Å². The molecule has 0 spiro atoms. The Labute approximate surface area is 139 Å². The van der Waals surface area contributed by atoms with Crippen LogP contribution in [0, 0.1) is 0 Å². The van der Waals surface area contributed by atoms with Gasteiger partial charge in [-0.25, -0.2) is 9.78 Å². The van der Waals surface area contributed by atoms with Crippen molar-refractivity contribution < 1.29 is 27.8 Å². The van der Waals surface area contributed by atoms with Gasteiger partial charge in [-0.2, -0.15) is 0 Å². The summed E-state index contributed by atoms with van der Waals surface area (Å²) in [7, 11) is 1.15. The first-order valence-electron chi connectivity index (χ1n) is 6.46. The summed E-state index contributed by atoms with van der Waals surface area (Å²) in [6.45, 7) is 0. The molecule has 7 nitrogen and oxygen atoms in total. The predicted molar refractivity (Wildman–Crippen MR) is 81.1 cm³/mol. The minimum Gasteiger partial charge on any atom is -0.464 e. The molecule has 0 saturated carbocycles. The topological polar surface area (TPSA) is 110 Å². The Morgan fingerprint density at radius 2 is 1.83 bits per heavy atom. The number of ether oxygens (including phenoxy) is 3. The number of pyridine rings is 1. The van der Waals surface area contributed by atoms with Gasteiger partial charge in [0.05, 0.1) is 23.5 Å². The van der Waals surface area contributed by atoms with Crippen LogP contribution < -0.4 is 20.9 Å². The van der Waals surface area contributed by atoms with Gasteiger partial charge in [0.15, 0.2) is 17.2 Å². The Hall–Kier alpha value is -2.81. The van der Waals surface area contributed by atoms with E-state index in [0.717, 1.165) is 13.2 Å². The summed E-state index contributed by atoms with van der Waals surface area (Å²) in [6, 6.07) is 3.72.